The fourth-order valence-electron chi connectivity index (χ4n) is 3.64. The SMILES string of the molecule is CCNC(=O)C(Cc1ccccc1)N(Cc1c(Cl)cccc1Cl)C(=O)COc1ccccc1C. The van der Waals surface area contributed by atoms with E-state index in [1.807, 2.05) is 68.4 Å². The van der Waals surface area contributed by atoms with E-state index in [-0.39, 0.29) is 25.0 Å². The van der Waals surface area contributed by atoms with Crippen LogP contribution >= 0.6 is 23.2 Å². The normalized spacial score (nSPS) is 11.5. The summed E-state index contributed by atoms with van der Waals surface area (Å²) in [6.07, 6.45) is 0.338. The van der Waals surface area contributed by atoms with Gasteiger partial charge in [0.05, 0.1) is 0 Å². The Bertz CT molecular complexity index is 1100. The first-order chi connectivity index (χ1) is 16.4. The first-order valence-corrected chi connectivity index (χ1v) is 11.9. The number of nitrogens with one attached hydrogen (secondary N) is 1. The van der Waals surface area contributed by atoms with E-state index >= 15 is 0 Å². The lowest BCUT2D eigenvalue weighted by atomic mass is 10.0. The van der Waals surface area contributed by atoms with Crippen LogP contribution < -0.4 is 10.1 Å². The third-order valence-electron chi connectivity index (χ3n) is 5.46. The standard InChI is InChI=1S/C27H28Cl2N2O3/c1-3-30-27(33)24(16-20-11-5-4-6-12-20)31(17-21-22(28)13-9-14-23(21)29)26(32)18-34-25-15-8-7-10-19(25)2/h4-15,24H,3,16-18H2,1-2H3,(H,30,33). The van der Waals surface area contributed by atoms with Gasteiger partial charge in [-0.2, -0.15) is 0 Å². The Morgan fingerprint density at radius 1 is 0.941 bits per heavy atom. The van der Waals surface area contributed by atoms with Gasteiger partial charge in [0.25, 0.3) is 5.91 Å². The van der Waals surface area contributed by atoms with E-state index in [1.165, 1.54) is 4.90 Å². The highest BCUT2D eigenvalue weighted by atomic mass is 35.5. The van der Waals surface area contributed by atoms with E-state index in [1.54, 1.807) is 18.2 Å². The summed E-state index contributed by atoms with van der Waals surface area (Å²) < 4.78 is 5.83. The van der Waals surface area contributed by atoms with Gasteiger partial charge in [-0.25, -0.2) is 0 Å². The monoisotopic (exact) mass is 498 g/mol. The summed E-state index contributed by atoms with van der Waals surface area (Å²) in [6, 6.07) is 21.5. The van der Waals surface area contributed by atoms with Gasteiger partial charge in [0.2, 0.25) is 5.91 Å². The Labute approximate surface area is 210 Å². The molecule has 0 aromatic heterocycles. The molecule has 5 nitrogen and oxygen atoms in total. The molecule has 0 heterocycles. The van der Waals surface area contributed by atoms with Crippen LogP contribution in [0.25, 0.3) is 0 Å². The van der Waals surface area contributed by atoms with Crippen LogP contribution in [0.1, 0.15) is 23.6 Å². The Hall–Kier alpha value is -3.02. The topological polar surface area (TPSA) is 58.6 Å². The lowest BCUT2D eigenvalue weighted by molar-refractivity contribution is -0.142. The molecule has 7 heteroatoms. The minimum absolute atomic E-state index is 0.0725. The molecule has 34 heavy (non-hydrogen) atoms. The Morgan fingerprint density at radius 3 is 2.24 bits per heavy atom. The van der Waals surface area contributed by atoms with Crippen molar-refractivity contribution in [2.45, 2.75) is 32.9 Å². The maximum atomic E-state index is 13.5. The number of carbonyl (C=O) groups is 2. The van der Waals surface area contributed by atoms with Crippen LogP contribution in [0.3, 0.4) is 0 Å². The van der Waals surface area contributed by atoms with Gasteiger partial charge in [0, 0.05) is 35.1 Å². The molecule has 0 spiro atoms. The number of benzene rings is 3. The summed E-state index contributed by atoms with van der Waals surface area (Å²) in [6.45, 7) is 4.04. The van der Waals surface area contributed by atoms with Crippen LogP contribution in [0, 0.1) is 6.92 Å². The summed E-state index contributed by atoms with van der Waals surface area (Å²) in [5, 5.41) is 3.72. The smallest absolute Gasteiger partial charge is 0.261 e. The minimum atomic E-state index is -0.775. The molecule has 0 aliphatic heterocycles. The fraction of sp³-hybridized carbons (Fsp3) is 0.259. The molecule has 0 fully saturated rings. The molecule has 2 amide bonds. The highest BCUT2D eigenvalue weighted by Crippen LogP contribution is 2.27. The predicted molar refractivity (Wildman–Crippen MR) is 136 cm³/mol. The fourth-order valence-corrected chi connectivity index (χ4v) is 4.16. The van der Waals surface area contributed by atoms with E-state index in [4.69, 9.17) is 27.9 Å². The summed E-state index contributed by atoms with van der Waals surface area (Å²) >= 11 is 12.8. The van der Waals surface area contributed by atoms with Crippen LogP contribution in [0.2, 0.25) is 10.0 Å². The summed E-state index contributed by atoms with van der Waals surface area (Å²) in [5.74, 6) is 0.0226. The lowest BCUT2D eigenvalue weighted by Gasteiger charge is -2.32. The molecule has 1 unspecified atom stereocenters. The third-order valence-corrected chi connectivity index (χ3v) is 6.17. The number of halogens is 2. The average Bonchev–Trinajstić information content (AvgIpc) is 2.83. The van der Waals surface area contributed by atoms with E-state index < -0.39 is 6.04 Å². The zero-order valence-electron chi connectivity index (χ0n) is 19.3. The lowest BCUT2D eigenvalue weighted by Crippen LogP contribution is -2.51. The summed E-state index contributed by atoms with van der Waals surface area (Å²) in [4.78, 5) is 28.2. The van der Waals surface area contributed by atoms with Crippen molar-refractivity contribution in [3.63, 3.8) is 0 Å². The van der Waals surface area contributed by atoms with Gasteiger partial charge < -0.3 is 15.0 Å². The zero-order chi connectivity index (χ0) is 24.5. The molecule has 3 aromatic carbocycles. The van der Waals surface area contributed by atoms with Gasteiger partial charge in [-0.15, -0.1) is 0 Å². The van der Waals surface area contributed by atoms with Gasteiger partial charge in [-0.3, -0.25) is 9.59 Å². The second-order valence-electron chi connectivity index (χ2n) is 7.88. The first kappa shape index (κ1) is 25.6. The van der Waals surface area contributed by atoms with E-state index in [0.717, 1.165) is 11.1 Å². The van der Waals surface area contributed by atoms with Crippen molar-refractivity contribution in [2.75, 3.05) is 13.2 Å². The number of rotatable bonds is 10. The van der Waals surface area contributed by atoms with Crippen molar-refractivity contribution in [1.29, 1.82) is 0 Å². The minimum Gasteiger partial charge on any atom is -0.484 e. The van der Waals surface area contributed by atoms with Crippen molar-refractivity contribution in [2.24, 2.45) is 0 Å². The van der Waals surface area contributed by atoms with Gasteiger partial charge in [0.1, 0.15) is 11.8 Å². The van der Waals surface area contributed by atoms with E-state index in [9.17, 15) is 9.59 Å². The third kappa shape index (κ3) is 6.75. The Balaban J connectivity index is 1.95. The summed E-state index contributed by atoms with van der Waals surface area (Å²) in [7, 11) is 0. The van der Waals surface area contributed by atoms with Crippen molar-refractivity contribution >= 4 is 35.0 Å². The number of amides is 2. The molecule has 3 rings (SSSR count). The molecule has 0 aliphatic rings. The molecular formula is C27H28Cl2N2O3. The van der Waals surface area contributed by atoms with E-state index in [0.29, 0.717) is 34.3 Å². The highest BCUT2D eigenvalue weighted by molar-refractivity contribution is 6.36. The summed E-state index contributed by atoms with van der Waals surface area (Å²) in [5.41, 5.74) is 2.43. The van der Waals surface area contributed by atoms with Gasteiger partial charge in [0.15, 0.2) is 6.61 Å². The number of aryl methyl sites for hydroxylation is 1. The number of hydrogen-bond donors (Lipinski definition) is 1. The molecule has 0 saturated carbocycles. The number of ether oxygens (including phenoxy) is 1. The predicted octanol–water partition coefficient (Wildman–Crippen LogP) is 5.46. The number of carbonyl (C=O) groups excluding carboxylic acids is 2. The van der Waals surface area contributed by atoms with Gasteiger partial charge in [-0.1, -0.05) is 77.8 Å². The number of nitrogens with zero attached hydrogens (tertiary/aromatic N) is 1. The van der Waals surface area contributed by atoms with Crippen molar-refractivity contribution < 1.29 is 14.3 Å². The number of likely N-dealkylation sites (N-methyl/N-ethyl adjacent to an activating group) is 1. The molecule has 0 aliphatic carbocycles. The maximum Gasteiger partial charge on any atom is 0.261 e. The molecular weight excluding hydrogens is 471 g/mol. The molecule has 0 radical (unpaired) electrons. The molecule has 3 aromatic rings. The second-order valence-corrected chi connectivity index (χ2v) is 8.69. The van der Waals surface area contributed by atoms with Crippen molar-refractivity contribution in [1.82, 2.24) is 10.2 Å². The zero-order valence-corrected chi connectivity index (χ0v) is 20.8. The van der Waals surface area contributed by atoms with Gasteiger partial charge in [-0.05, 0) is 43.2 Å². The van der Waals surface area contributed by atoms with E-state index in [2.05, 4.69) is 5.32 Å². The van der Waals surface area contributed by atoms with Crippen LogP contribution in [0.5, 0.6) is 5.75 Å². The molecule has 1 atom stereocenters. The first-order valence-electron chi connectivity index (χ1n) is 11.1. The number of hydrogen-bond acceptors (Lipinski definition) is 3. The van der Waals surface area contributed by atoms with Crippen molar-refractivity contribution in [3.8, 4) is 5.75 Å². The largest absolute Gasteiger partial charge is 0.484 e. The van der Waals surface area contributed by atoms with Crippen LogP contribution in [0.4, 0.5) is 0 Å². The Morgan fingerprint density at radius 2 is 1.59 bits per heavy atom. The average molecular weight is 499 g/mol. The molecule has 0 bridgehead atoms. The van der Waals surface area contributed by atoms with Crippen molar-refractivity contribution in [3.05, 3.63) is 99.5 Å². The molecule has 0 saturated heterocycles. The quantitative estimate of drug-likeness (QED) is 0.403. The van der Waals surface area contributed by atoms with Gasteiger partial charge >= 0.3 is 0 Å². The second kappa shape index (κ2) is 12.4. The van der Waals surface area contributed by atoms with Crippen LogP contribution in [-0.2, 0) is 22.6 Å². The highest BCUT2D eigenvalue weighted by Gasteiger charge is 2.31. The van der Waals surface area contributed by atoms with Crippen LogP contribution in [-0.4, -0.2) is 35.9 Å². The maximum absolute atomic E-state index is 13.5. The molecule has 178 valence electrons. The molecule has 1 N–H and O–H groups in total. The Kier molecular flexibility index (Phi) is 9.37. The van der Waals surface area contributed by atoms with Crippen LogP contribution in [0.15, 0.2) is 72.8 Å². The number of para-hydroxylation sites is 1.